The van der Waals surface area contributed by atoms with Crippen LogP contribution in [0.4, 0.5) is 0 Å². The third-order valence-electron chi connectivity index (χ3n) is 3.07. The third kappa shape index (κ3) is 8.56. The van der Waals surface area contributed by atoms with Gasteiger partial charge in [-0.2, -0.15) is 0 Å². The normalized spacial score (nSPS) is 11.3. The molecule has 0 radical (unpaired) electrons. The molecule has 108 valence electrons. The number of ether oxygens (including phenoxy) is 1. The molecule has 0 fully saturated rings. The molecule has 0 saturated carbocycles. The molecule has 0 unspecified atom stereocenters. The van der Waals surface area contributed by atoms with E-state index in [1.54, 1.807) is 0 Å². The van der Waals surface area contributed by atoms with Crippen molar-refractivity contribution in [1.29, 1.82) is 0 Å². The molecule has 1 heteroatoms. The minimum Gasteiger partial charge on any atom is -0.364 e. The molecule has 0 aromatic heterocycles. The van der Waals surface area contributed by atoms with Crippen molar-refractivity contribution in [2.45, 2.75) is 46.6 Å². The van der Waals surface area contributed by atoms with Crippen LogP contribution in [0.5, 0.6) is 0 Å². The molecule has 1 atom stereocenters. The topological polar surface area (TPSA) is 9.23 Å². The van der Waals surface area contributed by atoms with Gasteiger partial charge < -0.3 is 4.74 Å². The molecule has 0 aliphatic heterocycles. The summed E-state index contributed by atoms with van der Waals surface area (Å²) in [6.45, 7) is 7.72. The molecule has 1 nitrogen and oxygen atoms in total. The lowest BCUT2D eigenvalue weighted by Gasteiger charge is -2.04. The Morgan fingerprint density at radius 2 is 1.95 bits per heavy atom. The van der Waals surface area contributed by atoms with E-state index in [0.29, 0.717) is 19.1 Å². The Labute approximate surface area is 124 Å². The maximum Gasteiger partial charge on any atom is 0.108 e. The molecule has 1 aromatic carbocycles. The highest BCUT2D eigenvalue weighted by Gasteiger charge is 1.97. The molecular weight excluding hydrogens is 244 g/mol. The lowest BCUT2D eigenvalue weighted by molar-refractivity contribution is 0.153. The van der Waals surface area contributed by atoms with Crippen molar-refractivity contribution in [3.63, 3.8) is 0 Å². The summed E-state index contributed by atoms with van der Waals surface area (Å²) in [5, 5.41) is 0. The lowest BCUT2D eigenvalue weighted by Crippen LogP contribution is -1.94. The van der Waals surface area contributed by atoms with Gasteiger partial charge in [0.2, 0.25) is 0 Å². The number of benzene rings is 1. The van der Waals surface area contributed by atoms with E-state index >= 15 is 0 Å². The second-order valence-corrected chi connectivity index (χ2v) is 5.50. The predicted molar refractivity (Wildman–Crippen MR) is 86.3 cm³/mol. The SMILES string of the molecule is CC(C)=CCC[C@H](C)CC#CCOCc1ccccc1. The summed E-state index contributed by atoms with van der Waals surface area (Å²) in [6, 6.07) is 10.2. The summed E-state index contributed by atoms with van der Waals surface area (Å²) in [7, 11) is 0. The summed E-state index contributed by atoms with van der Waals surface area (Å²) in [5.74, 6) is 6.97. The van der Waals surface area contributed by atoms with Gasteiger partial charge in [0.15, 0.2) is 0 Å². The highest BCUT2D eigenvalue weighted by Crippen LogP contribution is 2.10. The molecule has 0 aliphatic carbocycles. The van der Waals surface area contributed by atoms with Crippen LogP contribution in [0.1, 0.15) is 45.6 Å². The van der Waals surface area contributed by atoms with Crippen LogP contribution in [-0.4, -0.2) is 6.61 Å². The minimum atomic E-state index is 0.523. The fourth-order valence-corrected chi connectivity index (χ4v) is 1.85. The van der Waals surface area contributed by atoms with E-state index < -0.39 is 0 Å². The fourth-order valence-electron chi connectivity index (χ4n) is 1.85. The number of hydrogen-bond donors (Lipinski definition) is 0. The largest absolute Gasteiger partial charge is 0.364 e. The number of hydrogen-bond acceptors (Lipinski definition) is 1. The van der Waals surface area contributed by atoms with Gasteiger partial charge in [-0.25, -0.2) is 0 Å². The summed E-state index contributed by atoms with van der Waals surface area (Å²) in [4.78, 5) is 0. The lowest BCUT2D eigenvalue weighted by atomic mass is 10.0. The van der Waals surface area contributed by atoms with Gasteiger partial charge in [0, 0.05) is 6.42 Å². The van der Waals surface area contributed by atoms with E-state index in [2.05, 4.69) is 50.8 Å². The zero-order valence-corrected chi connectivity index (χ0v) is 13.0. The monoisotopic (exact) mass is 270 g/mol. The quantitative estimate of drug-likeness (QED) is 0.386. The second kappa shape index (κ2) is 10.3. The Morgan fingerprint density at radius 1 is 1.20 bits per heavy atom. The van der Waals surface area contributed by atoms with Gasteiger partial charge in [0.05, 0.1) is 6.61 Å². The van der Waals surface area contributed by atoms with Gasteiger partial charge in [-0.15, -0.1) is 5.92 Å². The van der Waals surface area contributed by atoms with E-state index in [1.807, 2.05) is 18.2 Å². The maximum absolute atomic E-state index is 5.53. The summed E-state index contributed by atoms with van der Waals surface area (Å²) < 4.78 is 5.53. The van der Waals surface area contributed by atoms with Gasteiger partial charge >= 0.3 is 0 Å². The number of allylic oxidation sites excluding steroid dienone is 2. The highest BCUT2D eigenvalue weighted by atomic mass is 16.5. The van der Waals surface area contributed by atoms with E-state index in [0.717, 1.165) is 12.8 Å². The summed E-state index contributed by atoms with van der Waals surface area (Å²) in [6.07, 6.45) is 5.64. The minimum absolute atomic E-state index is 0.523. The molecule has 20 heavy (non-hydrogen) atoms. The zero-order chi connectivity index (χ0) is 14.6. The van der Waals surface area contributed by atoms with Crippen LogP contribution in [0.25, 0.3) is 0 Å². The van der Waals surface area contributed by atoms with E-state index in [-0.39, 0.29) is 0 Å². The van der Waals surface area contributed by atoms with Gasteiger partial charge in [-0.05, 0) is 38.2 Å². The van der Waals surface area contributed by atoms with Crippen LogP contribution >= 0.6 is 0 Å². The maximum atomic E-state index is 5.53. The molecule has 0 heterocycles. The van der Waals surface area contributed by atoms with Crippen molar-refractivity contribution in [3.05, 3.63) is 47.5 Å². The average molecular weight is 270 g/mol. The first-order valence-corrected chi connectivity index (χ1v) is 7.39. The Hall–Kier alpha value is -1.52. The first kappa shape index (κ1) is 16.5. The van der Waals surface area contributed by atoms with E-state index in [9.17, 15) is 0 Å². The average Bonchev–Trinajstić information content (AvgIpc) is 2.43. The van der Waals surface area contributed by atoms with Crippen molar-refractivity contribution in [2.75, 3.05) is 6.61 Å². The van der Waals surface area contributed by atoms with Crippen LogP contribution in [0.3, 0.4) is 0 Å². The van der Waals surface area contributed by atoms with Crippen LogP contribution in [0, 0.1) is 17.8 Å². The molecule has 1 rings (SSSR count). The number of rotatable bonds is 7. The standard InChI is InChI=1S/C19H26O/c1-17(2)10-9-12-18(3)11-7-8-15-20-16-19-13-5-4-6-14-19/h4-6,10,13-14,18H,9,11-12,15-16H2,1-3H3/t18-/m1/s1. The van der Waals surface area contributed by atoms with Gasteiger partial charge in [-0.3, -0.25) is 0 Å². The Balaban J connectivity index is 2.09. The first-order valence-electron chi connectivity index (χ1n) is 7.39. The van der Waals surface area contributed by atoms with Crippen molar-refractivity contribution in [1.82, 2.24) is 0 Å². The van der Waals surface area contributed by atoms with Crippen LogP contribution in [0.2, 0.25) is 0 Å². The van der Waals surface area contributed by atoms with E-state index in [1.165, 1.54) is 17.6 Å². The fraction of sp³-hybridized carbons (Fsp3) is 0.474. The summed E-state index contributed by atoms with van der Waals surface area (Å²) in [5.41, 5.74) is 2.60. The molecule has 0 bridgehead atoms. The molecule has 0 N–H and O–H groups in total. The van der Waals surface area contributed by atoms with Crippen molar-refractivity contribution in [3.8, 4) is 11.8 Å². The van der Waals surface area contributed by atoms with E-state index in [4.69, 9.17) is 4.74 Å². The molecule has 0 spiro atoms. The highest BCUT2D eigenvalue weighted by molar-refractivity contribution is 5.13. The Bertz CT molecular complexity index is 444. The first-order chi connectivity index (χ1) is 9.68. The zero-order valence-electron chi connectivity index (χ0n) is 13.0. The smallest absolute Gasteiger partial charge is 0.108 e. The Kier molecular flexibility index (Phi) is 8.51. The summed E-state index contributed by atoms with van der Waals surface area (Å²) >= 11 is 0. The third-order valence-corrected chi connectivity index (χ3v) is 3.07. The molecule has 1 aromatic rings. The van der Waals surface area contributed by atoms with Crippen molar-refractivity contribution in [2.24, 2.45) is 5.92 Å². The van der Waals surface area contributed by atoms with Crippen LogP contribution < -0.4 is 0 Å². The Morgan fingerprint density at radius 3 is 2.65 bits per heavy atom. The van der Waals surface area contributed by atoms with Gasteiger partial charge in [-0.1, -0.05) is 54.8 Å². The second-order valence-electron chi connectivity index (χ2n) is 5.50. The van der Waals surface area contributed by atoms with Crippen LogP contribution in [-0.2, 0) is 11.3 Å². The predicted octanol–water partition coefficient (Wildman–Crippen LogP) is 4.98. The van der Waals surface area contributed by atoms with Crippen molar-refractivity contribution >= 4 is 0 Å². The van der Waals surface area contributed by atoms with Crippen LogP contribution in [0.15, 0.2) is 42.0 Å². The molecule has 0 aliphatic rings. The van der Waals surface area contributed by atoms with Crippen molar-refractivity contribution < 1.29 is 4.74 Å². The molecule has 0 amide bonds. The molecule has 0 saturated heterocycles. The van der Waals surface area contributed by atoms with Gasteiger partial charge in [0.1, 0.15) is 6.61 Å². The van der Waals surface area contributed by atoms with Gasteiger partial charge in [0.25, 0.3) is 0 Å². The molecular formula is C19H26O.